The molecule has 2 aromatic rings. The third-order valence-corrected chi connectivity index (χ3v) is 5.95. The number of hydrogen-bond acceptors (Lipinski definition) is 3. The number of likely N-dealkylation sites (N-methyl/N-ethyl adjacent to an activating group) is 1. The number of carbonyl (C=O) groups excluding carboxylic acids is 1. The molecule has 0 spiro atoms. The number of aromatic nitrogens is 1. The first-order valence-corrected chi connectivity index (χ1v) is 9.37. The van der Waals surface area contributed by atoms with Gasteiger partial charge in [-0.15, -0.1) is 0 Å². The second-order valence-corrected chi connectivity index (χ2v) is 7.63. The summed E-state index contributed by atoms with van der Waals surface area (Å²) in [5.74, 6) is 0.258. The lowest BCUT2D eigenvalue weighted by molar-refractivity contribution is -0.134. The molecule has 4 rings (SSSR count). The maximum Gasteiger partial charge on any atom is 0.236 e. The Morgan fingerprint density at radius 1 is 1.24 bits per heavy atom. The summed E-state index contributed by atoms with van der Waals surface area (Å²) >= 11 is 0. The van der Waals surface area contributed by atoms with Gasteiger partial charge in [-0.1, -0.05) is 18.2 Å². The van der Waals surface area contributed by atoms with E-state index in [9.17, 15) is 4.79 Å². The smallest absolute Gasteiger partial charge is 0.236 e. The topological polar surface area (TPSA) is 42.6 Å². The molecule has 1 saturated heterocycles. The van der Waals surface area contributed by atoms with Crippen molar-refractivity contribution in [3.05, 3.63) is 35.5 Å². The fraction of sp³-hybridized carbons (Fsp3) is 0.550. The molecule has 0 saturated carbocycles. The minimum absolute atomic E-state index is 0.258. The first-order valence-electron chi connectivity index (χ1n) is 9.37. The molecule has 2 aliphatic rings. The molecular formula is C20H28N4O. The highest BCUT2D eigenvalue weighted by Gasteiger charge is 2.27. The molecule has 25 heavy (non-hydrogen) atoms. The average Bonchev–Trinajstić information content (AvgIpc) is 2.99. The van der Waals surface area contributed by atoms with E-state index in [0.717, 1.165) is 45.4 Å². The molecule has 134 valence electrons. The van der Waals surface area contributed by atoms with Gasteiger partial charge in [-0.05, 0) is 51.0 Å². The van der Waals surface area contributed by atoms with Crippen molar-refractivity contribution < 1.29 is 4.79 Å². The number of hydrogen-bond donors (Lipinski definition) is 1. The fourth-order valence-electron chi connectivity index (χ4n) is 4.27. The Labute approximate surface area is 149 Å². The lowest BCUT2D eigenvalue weighted by Crippen LogP contribution is -2.48. The van der Waals surface area contributed by atoms with Crippen LogP contribution in [0.3, 0.4) is 0 Å². The third-order valence-electron chi connectivity index (χ3n) is 5.95. The van der Waals surface area contributed by atoms with Gasteiger partial charge in [0.1, 0.15) is 0 Å². The van der Waals surface area contributed by atoms with Crippen LogP contribution in [0.25, 0.3) is 10.9 Å². The Kier molecular flexibility index (Phi) is 4.52. The predicted octanol–water partition coefficient (Wildman–Crippen LogP) is 2.08. The van der Waals surface area contributed by atoms with Crippen LogP contribution in [0.2, 0.25) is 0 Å². The molecular weight excluding hydrogens is 312 g/mol. The van der Waals surface area contributed by atoms with Crippen molar-refractivity contribution in [3.8, 4) is 0 Å². The van der Waals surface area contributed by atoms with Crippen molar-refractivity contribution in [3.63, 3.8) is 0 Å². The molecule has 0 bridgehead atoms. The van der Waals surface area contributed by atoms with Crippen LogP contribution < -0.4 is 0 Å². The van der Waals surface area contributed by atoms with Crippen molar-refractivity contribution in [1.29, 1.82) is 0 Å². The number of para-hydroxylation sites is 1. The molecule has 1 aromatic heterocycles. The van der Waals surface area contributed by atoms with Crippen molar-refractivity contribution in [2.75, 3.05) is 40.3 Å². The van der Waals surface area contributed by atoms with Crippen molar-refractivity contribution in [2.45, 2.75) is 31.8 Å². The number of H-pyrrole nitrogens is 1. The largest absolute Gasteiger partial charge is 0.357 e. The Morgan fingerprint density at radius 3 is 2.80 bits per heavy atom. The highest BCUT2D eigenvalue weighted by Crippen LogP contribution is 2.27. The number of aromatic amines is 1. The number of rotatable bonds is 3. The quantitative estimate of drug-likeness (QED) is 0.930. The van der Waals surface area contributed by atoms with E-state index in [1.807, 2.05) is 11.9 Å². The molecule has 2 aliphatic heterocycles. The van der Waals surface area contributed by atoms with E-state index < -0.39 is 0 Å². The van der Waals surface area contributed by atoms with Gasteiger partial charge in [0.25, 0.3) is 0 Å². The second-order valence-electron chi connectivity index (χ2n) is 7.63. The van der Waals surface area contributed by atoms with Gasteiger partial charge in [-0.25, -0.2) is 0 Å². The fourth-order valence-corrected chi connectivity index (χ4v) is 4.27. The lowest BCUT2D eigenvalue weighted by atomic mass is 10.0. The summed E-state index contributed by atoms with van der Waals surface area (Å²) in [5, 5.41) is 1.34. The number of likely N-dealkylation sites (tertiary alicyclic amines) is 1. The molecule has 0 aliphatic carbocycles. The summed E-state index contributed by atoms with van der Waals surface area (Å²) in [5.41, 5.74) is 3.93. The Balaban J connectivity index is 1.39. The number of amides is 1. The Bertz CT molecular complexity index is 760. The maximum atomic E-state index is 12.7. The summed E-state index contributed by atoms with van der Waals surface area (Å²) in [7, 11) is 4.14. The van der Waals surface area contributed by atoms with Crippen LogP contribution in [0, 0.1) is 0 Å². The van der Waals surface area contributed by atoms with Crippen LogP contribution in [-0.4, -0.2) is 71.9 Å². The van der Waals surface area contributed by atoms with Gasteiger partial charge >= 0.3 is 0 Å². The third kappa shape index (κ3) is 3.31. The predicted molar refractivity (Wildman–Crippen MR) is 101 cm³/mol. The molecule has 3 heterocycles. The van der Waals surface area contributed by atoms with E-state index in [-0.39, 0.29) is 5.91 Å². The first-order chi connectivity index (χ1) is 12.1. The Hall–Kier alpha value is -1.85. The van der Waals surface area contributed by atoms with Gasteiger partial charge in [-0.2, -0.15) is 0 Å². The van der Waals surface area contributed by atoms with Crippen LogP contribution in [0.4, 0.5) is 0 Å². The van der Waals surface area contributed by atoms with Gasteiger partial charge < -0.3 is 14.8 Å². The summed E-state index contributed by atoms with van der Waals surface area (Å²) in [4.78, 5) is 22.9. The Morgan fingerprint density at radius 2 is 2.00 bits per heavy atom. The van der Waals surface area contributed by atoms with E-state index in [0.29, 0.717) is 12.6 Å². The van der Waals surface area contributed by atoms with Crippen molar-refractivity contribution >= 4 is 16.8 Å². The highest BCUT2D eigenvalue weighted by atomic mass is 16.2. The number of nitrogens with one attached hydrogen (secondary N) is 1. The minimum Gasteiger partial charge on any atom is -0.357 e. The number of benzene rings is 1. The van der Waals surface area contributed by atoms with Gasteiger partial charge in [0.15, 0.2) is 0 Å². The molecule has 1 fully saturated rings. The maximum absolute atomic E-state index is 12.7. The van der Waals surface area contributed by atoms with E-state index >= 15 is 0 Å². The molecule has 0 radical (unpaired) electrons. The molecule has 1 amide bonds. The standard InChI is InChI=1S/C20H28N4O/c1-22-10-7-15(8-11-22)23(2)20(25)14-24-12-9-17-16-5-3-4-6-18(16)21-19(17)13-24/h3-6,15,21H,7-14H2,1-2H3. The van der Waals surface area contributed by atoms with Crippen LogP contribution in [0.5, 0.6) is 0 Å². The number of carbonyl (C=O) groups is 1. The average molecular weight is 340 g/mol. The van der Waals surface area contributed by atoms with E-state index in [4.69, 9.17) is 0 Å². The van der Waals surface area contributed by atoms with Gasteiger partial charge in [0.2, 0.25) is 5.91 Å². The molecule has 5 nitrogen and oxygen atoms in total. The molecule has 0 unspecified atom stereocenters. The monoisotopic (exact) mass is 340 g/mol. The van der Waals surface area contributed by atoms with E-state index in [1.165, 1.54) is 22.2 Å². The van der Waals surface area contributed by atoms with Gasteiger partial charge in [0, 0.05) is 42.8 Å². The van der Waals surface area contributed by atoms with Gasteiger partial charge in [-0.3, -0.25) is 9.69 Å². The van der Waals surface area contributed by atoms with Crippen molar-refractivity contribution in [2.24, 2.45) is 0 Å². The lowest BCUT2D eigenvalue weighted by Gasteiger charge is -2.36. The summed E-state index contributed by atoms with van der Waals surface area (Å²) in [6.07, 6.45) is 3.19. The van der Waals surface area contributed by atoms with Gasteiger partial charge in [0.05, 0.1) is 6.54 Å². The van der Waals surface area contributed by atoms with Crippen LogP contribution in [0.15, 0.2) is 24.3 Å². The second kappa shape index (κ2) is 6.81. The van der Waals surface area contributed by atoms with E-state index in [2.05, 4.69) is 46.1 Å². The van der Waals surface area contributed by atoms with Crippen LogP contribution in [0.1, 0.15) is 24.1 Å². The zero-order valence-corrected chi connectivity index (χ0v) is 15.3. The SMILES string of the molecule is CN1CCC(N(C)C(=O)CN2CCc3c([nH]c4ccccc34)C2)CC1. The van der Waals surface area contributed by atoms with Crippen molar-refractivity contribution in [1.82, 2.24) is 19.7 Å². The zero-order chi connectivity index (χ0) is 17.4. The molecule has 5 heteroatoms. The van der Waals surface area contributed by atoms with Crippen LogP contribution >= 0.6 is 0 Å². The number of piperidine rings is 1. The first kappa shape index (κ1) is 16.6. The summed E-state index contributed by atoms with van der Waals surface area (Å²) in [6, 6.07) is 8.90. The number of nitrogens with zero attached hydrogens (tertiary/aromatic N) is 3. The normalized spacial score (nSPS) is 19.9. The van der Waals surface area contributed by atoms with E-state index in [1.54, 1.807) is 0 Å². The zero-order valence-electron chi connectivity index (χ0n) is 15.3. The number of fused-ring (bicyclic) bond motifs is 3. The molecule has 1 aromatic carbocycles. The summed E-state index contributed by atoms with van der Waals surface area (Å²) in [6.45, 7) is 4.51. The van der Waals surface area contributed by atoms with Crippen LogP contribution in [-0.2, 0) is 17.8 Å². The molecule has 0 atom stereocenters. The summed E-state index contributed by atoms with van der Waals surface area (Å²) < 4.78 is 0. The molecule has 1 N–H and O–H groups in total. The minimum atomic E-state index is 0.258. The highest BCUT2D eigenvalue weighted by molar-refractivity contribution is 5.85.